The first-order chi connectivity index (χ1) is 8.52. The molecule has 2 unspecified atom stereocenters. The third-order valence-corrected chi connectivity index (χ3v) is 3.80. The van der Waals surface area contributed by atoms with Gasteiger partial charge in [0.15, 0.2) is 0 Å². The van der Waals surface area contributed by atoms with Gasteiger partial charge in [-0.25, -0.2) is 0 Å². The van der Waals surface area contributed by atoms with Crippen LogP contribution in [0.5, 0.6) is 0 Å². The molecule has 1 saturated heterocycles. The van der Waals surface area contributed by atoms with Crippen LogP contribution in [0.3, 0.4) is 0 Å². The second kappa shape index (κ2) is 7.74. The van der Waals surface area contributed by atoms with E-state index in [0.29, 0.717) is 12.0 Å². The van der Waals surface area contributed by atoms with Crippen molar-refractivity contribution in [1.29, 1.82) is 0 Å². The van der Waals surface area contributed by atoms with Crippen LogP contribution in [0, 0.1) is 5.92 Å². The molecule has 1 aliphatic heterocycles. The standard InChI is InChI=1S/C14H29N3O/c1-11(2)13(17(3)4)10-16-14(18)12-8-6-5-7-9-15-12/h11-13,15H,5-10H2,1-4H3,(H,16,18). The molecule has 106 valence electrons. The highest BCUT2D eigenvalue weighted by Crippen LogP contribution is 2.09. The molecular weight excluding hydrogens is 226 g/mol. The summed E-state index contributed by atoms with van der Waals surface area (Å²) in [6.45, 7) is 6.10. The molecule has 0 radical (unpaired) electrons. The normalized spacial score (nSPS) is 22.9. The molecule has 1 amide bonds. The Hall–Kier alpha value is -0.610. The van der Waals surface area contributed by atoms with Gasteiger partial charge >= 0.3 is 0 Å². The first-order valence-electron chi connectivity index (χ1n) is 7.20. The molecule has 4 nitrogen and oxygen atoms in total. The van der Waals surface area contributed by atoms with Crippen molar-refractivity contribution in [3.8, 4) is 0 Å². The Labute approximate surface area is 111 Å². The first-order valence-corrected chi connectivity index (χ1v) is 7.20. The van der Waals surface area contributed by atoms with Crippen molar-refractivity contribution in [2.75, 3.05) is 27.2 Å². The lowest BCUT2D eigenvalue weighted by atomic mass is 10.0. The van der Waals surface area contributed by atoms with Gasteiger partial charge in [-0.2, -0.15) is 0 Å². The Balaban J connectivity index is 2.38. The number of hydrogen-bond acceptors (Lipinski definition) is 3. The zero-order chi connectivity index (χ0) is 13.5. The lowest BCUT2D eigenvalue weighted by molar-refractivity contribution is -0.123. The maximum atomic E-state index is 12.1. The molecule has 4 heteroatoms. The van der Waals surface area contributed by atoms with E-state index in [0.717, 1.165) is 25.9 Å². The van der Waals surface area contributed by atoms with Gasteiger partial charge in [-0.15, -0.1) is 0 Å². The minimum atomic E-state index is 0.0162. The minimum Gasteiger partial charge on any atom is -0.353 e. The fourth-order valence-corrected chi connectivity index (χ4v) is 2.60. The summed E-state index contributed by atoms with van der Waals surface area (Å²) in [5.74, 6) is 0.715. The number of amides is 1. The van der Waals surface area contributed by atoms with E-state index in [4.69, 9.17) is 0 Å². The molecule has 0 bridgehead atoms. The van der Waals surface area contributed by atoms with Gasteiger partial charge in [0.05, 0.1) is 6.04 Å². The maximum absolute atomic E-state index is 12.1. The van der Waals surface area contributed by atoms with Gasteiger partial charge in [-0.1, -0.05) is 26.7 Å². The number of rotatable bonds is 5. The fourth-order valence-electron chi connectivity index (χ4n) is 2.60. The van der Waals surface area contributed by atoms with Crippen LogP contribution in [0.2, 0.25) is 0 Å². The molecular formula is C14H29N3O. The third-order valence-electron chi connectivity index (χ3n) is 3.80. The van der Waals surface area contributed by atoms with E-state index in [2.05, 4.69) is 43.5 Å². The maximum Gasteiger partial charge on any atom is 0.237 e. The lowest BCUT2D eigenvalue weighted by Crippen LogP contribution is -2.49. The molecule has 1 aliphatic rings. The predicted octanol–water partition coefficient (Wildman–Crippen LogP) is 1.22. The topological polar surface area (TPSA) is 44.4 Å². The van der Waals surface area contributed by atoms with Crippen LogP contribution in [0.15, 0.2) is 0 Å². The monoisotopic (exact) mass is 255 g/mol. The van der Waals surface area contributed by atoms with Crippen molar-refractivity contribution in [1.82, 2.24) is 15.5 Å². The van der Waals surface area contributed by atoms with Gasteiger partial charge in [0.2, 0.25) is 5.91 Å². The summed E-state index contributed by atoms with van der Waals surface area (Å²) in [5.41, 5.74) is 0. The number of carbonyl (C=O) groups excluding carboxylic acids is 1. The van der Waals surface area contributed by atoms with Gasteiger partial charge in [-0.3, -0.25) is 4.79 Å². The first kappa shape index (κ1) is 15.4. The Morgan fingerprint density at radius 1 is 1.33 bits per heavy atom. The smallest absolute Gasteiger partial charge is 0.237 e. The molecule has 0 aliphatic carbocycles. The van der Waals surface area contributed by atoms with Crippen LogP contribution in [-0.4, -0.2) is 50.1 Å². The second-order valence-corrected chi connectivity index (χ2v) is 5.88. The van der Waals surface area contributed by atoms with E-state index < -0.39 is 0 Å². The van der Waals surface area contributed by atoms with Crippen LogP contribution in [-0.2, 0) is 4.79 Å². The SMILES string of the molecule is CC(C)C(CNC(=O)C1CCCCCN1)N(C)C. The molecule has 0 aromatic rings. The molecule has 1 rings (SSSR count). The van der Waals surface area contributed by atoms with Crippen LogP contribution in [0.25, 0.3) is 0 Å². The van der Waals surface area contributed by atoms with Crippen molar-refractivity contribution in [3.63, 3.8) is 0 Å². The summed E-state index contributed by atoms with van der Waals surface area (Å²) in [5, 5.41) is 6.44. The quantitative estimate of drug-likeness (QED) is 0.776. The Bertz CT molecular complexity index is 237. The molecule has 0 aromatic heterocycles. The number of nitrogens with one attached hydrogen (secondary N) is 2. The summed E-state index contributed by atoms with van der Waals surface area (Å²) >= 11 is 0. The summed E-state index contributed by atoms with van der Waals surface area (Å²) in [7, 11) is 4.14. The molecule has 18 heavy (non-hydrogen) atoms. The molecule has 0 spiro atoms. The van der Waals surface area contributed by atoms with E-state index in [-0.39, 0.29) is 11.9 Å². The number of likely N-dealkylation sites (N-methyl/N-ethyl adjacent to an activating group) is 1. The fraction of sp³-hybridized carbons (Fsp3) is 0.929. The number of nitrogens with zero attached hydrogens (tertiary/aromatic N) is 1. The van der Waals surface area contributed by atoms with Crippen molar-refractivity contribution >= 4 is 5.91 Å². The van der Waals surface area contributed by atoms with Gasteiger partial charge in [0.1, 0.15) is 0 Å². The van der Waals surface area contributed by atoms with Gasteiger partial charge in [-0.05, 0) is 39.4 Å². The van der Waals surface area contributed by atoms with Crippen molar-refractivity contribution in [2.24, 2.45) is 5.92 Å². The zero-order valence-electron chi connectivity index (χ0n) is 12.3. The molecule has 0 aromatic carbocycles. The molecule has 2 atom stereocenters. The number of hydrogen-bond donors (Lipinski definition) is 2. The lowest BCUT2D eigenvalue weighted by Gasteiger charge is -2.28. The highest BCUT2D eigenvalue weighted by molar-refractivity contribution is 5.81. The highest BCUT2D eigenvalue weighted by Gasteiger charge is 2.22. The highest BCUT2D eigenvalue weighted by atomic mass is 16.2. The average Bonchev–Trinajstić information content (AvgIpc) is 2.56. The van der Waals surface area contributed by atoms with E-state index in [9.17, 15) is 4.79 Å². The van der Waals surface area contributed by atoms with Gasteiger partial charge in [0, 0.05) is 12.6 Å². The van der Waals surface area contributed by atoms with E-state index in [1.54, 1.807) is 0 Å². The largest absolute Gasteiger partial charge is 0.353 e. The van der Waals surface area contributed by atoms with Crippen LogP contribution in [0.1, 0.15) is 39.5 Å². The van der Waals surface area contributed by atoms with Crippen molar-refractivity contribution < 1.29 is 4.79 Å². The molecule has 1 fully saturated rings. The van der Waals surface area contributed by atoms with Crippen LogP contribution in [0.4, 0.5) is 0 Å². The van der Waals surface area contributed by atoms with Crippen molar-refractivity contribution in [3.05, 3.63) is 0 Å². The predicted molar refractivity (Wildman–Crippen MR) is 75.6 cm³/mol. The zero-order valence-corrected chi connectivity index (χ0v) is 12.3. The Morgan fingerprint density at radius 2 is 2.06 bits per heavy atom. The third kappa shape index (κ3) is 4.94. The molecule has 2 N–H and O–H groups in total. The summed E-state index contributed by atoms with van der Waals surface area (Å²) in [4.78, 5) is 14.3. The van der Waals surface area contributed by atoms with Gasteiger partial charge in [0.25, 0.3) is 0 Å². The second-order valence-electron chi connectivity index (χ2n) is 5.88. The summed E-state index contributed by atoms with van der Waals surface area (Å²) < 4.78 is 0. The Morgan fingerprint density at radius 3 is 2.67 bits per heavy atom. The van der Waals surface area contributed by atoms with E-state index >= 15 is 0 Å². The molecule has 1 heterocycles. The summed E-state index contributed by atoms with van der Waals surface area (Å²) in [6, 6.07) is 0.419. The molecule has 0 saturated carbocycles. The van der Waals surface area contributed by atoms with E-state index in [1.165, 1.54) is 12.8 Å². The van der Waals surface area contributed by atoms with Gasteiger partial charge < -0.3 is 15.5 Å². The van der Waals surface area contributed by atoms with E-state index in [1.807, 2.05) is 0 Å². The Kier molecular flexibility index (Phi) is 6.65. The van der Waals surface area contributed by atoms with Crippen LogP contribution < -0.4 is 10.6 Å². The van der Waals surface area contributed by atoms with Crippen LogP contribution >= 0.6 is 0 Å². The summed E-state index contributed by atoms with van der Waals surface area (Å²) in [6.07, 6.45) is 4.56. The van der Waals surface area contributed by atoms with Crippen molar-refractivity contribution in [2.45, 2.75) is 51.6 Å². The minimum absolute atomic E-state index is 0.0162. The average molecular weight is 255 g/mol. The number of carbonyl (C=O) groups is 1.